The monoisotopic (exact) mass is 437 g/mol. The average Bonchev–Trinajstić information content (AvgIpc) is 3.44. The summed E-state index contributed by atoms with van der Waals surface area (Å²) in [7, 11) is 1.69. The molecule has 1 saturated heterocycles. The molecule has 9 heteroatoms. The topological polar surface area (TPSA) is 55.4 Å². The van der Waals surface area contributed by atoms with Gasteiger partial charge in [-0.2, -0.15) is 5.10 Å². The van der Waals surface area contributed by atoms with Crippen LogP contribution in [0.5, 0.6) is 0 Å². The van der Waals surface area contributed by atoms with Gasteiger partial charge in [0.15, 0.2) is 17.5 Å². The number of halogens is 3. The molecule has 1 amide bonds. The average molecular weight is 437 g/mol. The van der Waals surface area contributed by atoms with Crippen LogP contribution in [-0.4, -0.2) is 36.0 Å². The van der Waals surface area contributed by atoms with E-state index in [2.05, 4.69) is 10.1 Å². The lowest BCUT2D eigenvalue weighted by Crippen LogP contribution is -2.42. The van der Waals surface area contributed by atoms with Crippen LogP contribution in [0.25, 0.3) is 16.9 Å². The molecule has 2 aliphatic rings. The highest BCUT2D eigenvalue weighted by molar-refractivity contribution is 5.94. The highest BCUT2D eigenvalue weighted by atomic mass is 19.2. The summed E-state index contributed by atoms with van der Waals surface area (Å²) in [5, 5.41) is 4.63. The predicted octanol–water partition coefficient (Wildman–Crippen LogP) is 4.05. The van der Waals surface area contributed by atoms with Gasteiger partial charge in [-0.25, -0.2) is 18.2 Å². The van der Waals surface area contributed by atoms with Crippen LogP contribution >= 0.6 is 0 Å². The number of amides is 1. The van der Waals surface area contributed by atoms with Gasteiger partial charge in [0, 0.05) is 30.4 Å². The van der Waals surface area contributed by atoms with Crippen LogP contribution in [-0.2, 0) is 13.5 Å². The van der Waals surface area contributed by atoms with E-state index in [0.717, 1.165) is 36.2 Å². The van der Waals surface area contributed by atoms with Gasteiger partial charge in [0.2, 0.25) is 0 Å². The van der Waals surface area contributed by atoms with Gasteiger partial charge in [-0.15, -0.1) is 0 Å². The molecule has 3 aromatic heterocycles. The van der Waals surface area contributed by atoms with E-state index >= 15 is 0 Å². The Bertz CT molecular complexity index is 1390. The molecule has 6 rings (SSSR count). The Kier molecular flexibility index (Phi) is 3.99. The third kappa shape index (κ3) is 2.57. The van der Waals surface area contributed by atoms with Gasteiger partial charge >= 0.3 is 0 Å². The van der Waals surface area contributed by atoms with Crippen molar-refractivity contribution in [2.75, 3.05) is 0 Å². The van der Waals surface area contributed by atoms with Crippen molar-refractivity contribution in [2.45, 2.75) is 31.3 Å². The van der Waals surface area contributed by atoms with Crippen molar-refractivity contribution < 1.29 is 18.0 Å². The van der Waals surface area contributed by atoms with Crippen molar-refractivity contribution in [1.29, 1.82) is 0 Å². The molecule has 2 atom stereocenters. The van der Waals surface area contributed by atoms with Crippen molar-refractivity contribution in [3.63, 3.8) is 0 Å². The fraction of sp³-hybridized carbons (Fsp3) is 0.261. The minimum atomic E-state index is -1.49. The number of aromatic nitrogens is 4. The molecule has 4 aromatic rings. The van der Waals surface area contributed by atoms with Crippen molar-refractivity contribution in [3.05, 3.63) is 77.1 Å². The van der Waals surface area contributed by atoms with Crippen LogP contribution in [0.15, 0.2) is 42.7 Å². The molecule has 2 aliphatic heterocycles. The third-order valence-electron chi connectivity index (χ3n) is 6.56. The lowest BCUT2D eigenvalue weighted by molar-refractivity contribution is 0.0635. The quantitative estimate of drug-likeness (QED) is 0.445. The summed E-state index contributed by atoms with van der Waals surface area (Å²) in [5.41, 5.74) is 3.55. The summed E-state index contributed by atoms with van der Waals surface area (Å²) in [6.07, 6.45) is 5.46. The van der Waals surface area contributed by atoms with E-state index < -0.39 is 17.5 Å². The molecule has 0 radical (unpaired) electrons. The van der Waals surface area contributed by atoms with Crippen molar-refractivity contribution in [2.24, 2.45) is 7.05 Å². The normalized spacial score (nSPS) is 19.6. The first-order valence-electron chi connectivity index (χ1n) is 10.4. The molecule has 0 unspecified atom stereocenters. The maximum Gasteiger partial charge on any atom is 0.273 e. The number of rotatable bonds is 2. The number of fused-ring (bicyclic) bond motifs is 5. The van der Waals surface area contributed by atoms with Gasteiger partial charge in [-0.1, -0.05) is 6.07 Å². The Morgan fingerprint density at radius 3 is 2.69 bits per heavy atom. The Morgan fingerprint density at radius 1 is 1.12 bits per heavy atom. The summed E-state index contributed by atoms with van der Waals surface area (Å²) in [5.74, 6) is -4.08. The number of carbonyl (C=O) groups excluding carboxylic acids is 1. The molecule has 1 aromatic carbocycles. The maximum absolute atomic E-state index is 13.9. The number of nitrogens with zero attached hydrogens (tertiary/aromatic N) is 5. The number of pyridine rings is 1. The number of hydrogen-bond donors (Lipinski definition) is 0. The number of aryl methyl sites for hydroxylation is 1. The number of benzene rings is 1. The van der Waals surface area contributed by atoms with Gasteiger partial charge in [0.25, 0.3) is 5.91 Å². The molecule has 162 valence electrons. The van der Waals surface area contributed by atoms with E-state index in [-0.39, 0.29) is 23.6 Å². The van der Waals surface area contributed by atoms with E-state index in [1.807, 2.05) is 29.3 Å². The largest absolute Gasteiger partial charge is 0.325 e. The van der Waals surface area contributed by atoms with Gasteiger partial charge in [0.05, 0.1) is 23.6 Å². The van der Waals surface area contributed by atoms with E-state index in [1.165, 1.54) is 0 Å². The highest BCUT2D eigenvalue weighted by Gasteiger charge is 2.46. The van der Waals surface area contributed by atoms with Crippen LogP contribution in [0, 0.1) is 17.5 Å². The number of carbonyl (C=O) groups is 1. The summed E-state index contributed by atoms with van der Waals surface area (Å²) in [6, 6.07) is 7.24. The molecule has 1 fully saturated rings. The lowest BCUT2D eigenvalue weighted by Gasteiger charge is -2.34. The summed E-state index contributed by atoms with van der Waals surface area (Å²) in [4.78, 5) is 19.7. The number of hydrogen-bond acceptors (Lipinski definition) is 3. The van der Waals surface area contributed by atoms with E-state index in [9.17, 15) is 18.0 Å². The Morgan fingerprint density at radius 2 is 1.91 bits per heavy atom. The Labute approximate surface area is 180 Å². The second-order valence-corrected chi connectivity index (χ2v) is 8.33. The third-order valence-corrected chi connectivity index (χ3v) is 6.56. The highest BCUT2D eigenvalue weighted by Crippen LogP contribution is 2.46. The Balaban J connectivity index is 1.43. The van der Waals surface area contributed by atoms with Crippen molar-refractivity contribution >= 4 is 11.6 Å². The van der Waals surface area contributed by atoms with Crippen LogP contribution in [0.2, 0.25) is 0 Å². The Hall–Kier alpha value is -3.62. The number of imidazole rings is 1. The molecule has 6 nitrogen and oxygen atoms in total. The SMILES string of the molecule is Cn1nc2c(c1-c1cc(F)c(F)c(F)c1)C[C@@H]1CC[C@H]2N1C(=O)c1cnc2ccccn12. The van der Waals surface area contributed by atoms with Crippen LogP contribution in [0.4, 0.5) is 13.2 Å². The molecule has 32 heavy (non-hydrogen) atoms. The van der Waals surface area contributed by atoms with Crippen LogP contribution in [0.3, 0.4) is 0 Å². The summed E-state index contributed by atoms with van der Waals surface area (Å²) < 4.78 is 44.6. The summed E-state index contributed by atoms with van der Waals surface area (Å²) in [6.45, 7) is 0. The smallest absolute Gasteiger partial charge is 0.273 e. The van der Waals surface area contributed by atoms with Gasteiger partial charge in [-0.3, -0.25) is 13.9 Å². The molecular formula is C23H18F3N5O. The van der Waals surface area contributed by atoms with Crippen molar-refractivity contribution in [1.82, 2.24) is 24.1 Å². The van der Waals surface area contributed by atoms with Gasteiger partial charge < -0.3 is 4.90 Å². The van der Waals surface area contributed by atoms with Gasteiger partial charge in [0.1, 0.15) is 11.3 Å². The van der Waals surface area contributed by atoms with E-state index in [0.29, 0.717) is 23.5 Å². The zero-order chi connectivity index (χ0) is 22.1. The second-order valence-electron chi connectivity index (χ2n) is 8.33. The zero-order valence-corrected chi connectivity index (χ0v) is 17.1. The second kappa shape index (κ2) is 6.69. The minimum absolute atomic E-state index is 0.0626. The van der Waals surface area contributed by atoms with Gasteiger partial charge in [-0.05, 0) is 43.5 Å². The van der Waals surface area contributed by atoms with Crippen LogP contribution < -0.4 is 0 Å². The molecule has 5 heterocycles. The standard InChI is InChI=1S/C23H18F3N5O/c1-29-22(12-8-15(24)20(26)16(25)9-12)14-10-13-5-6-17(21(14)28-29)31(13)23(32)18-11-27-19-4-2-3-7-30(18)19/h2-4,7-9,11,13,17H,5-6,10H2,1H3/t13-,17+/m0/s1. The zero-order valence-electron chi connectivity index (χ0n) is 17.1. The van der Waals surface area contributed by atoms with Crippen LogP contribution in [0.1, 0.15) is 40.6 Å². The molecule has 2 bridgehead atoms. The fourth-order valence-electron chi connectivity index (χ4n) is 5.23. The van der Waals surface area contributed by atoms with Crippen molar-refractivity contribution in [3.8, 4) is 11.3 Å². The first kappa shape index (κ1) is 19.1. The first-order valence-corrected chi connectivity index (χ1v) is 10.4. The van der Waals surface area contributed by atoms with E-state index in [4.69, 9.17) is 0 Å². The first-order chi connectivity index (χ1) is 15.4. The van der Waals surface area contributed by atoms with E-state index in [1.54, 1.807) is 22.3 Å². The minimum Gasteiger partial charge on any atom is -0.325 e. The molecule has 0 aliphatic carbocycles. The molecular weight excluding hydrogens is 419 g/mol. The maximum atomic E-state index is 13.9. The summed E-state index contributed by atoms with van der Waals surface area (Å²) >= 11 is 0. The fourth-order valence-corrected chi connectivity index (χ4v) is 5.23. The molecule has 0 N–H and O–H groups in total. The molecule has 0 saturated carbocycles. The lowest BCUT2D eigenvalue weighted by atomic mass is 9.94. The predicted molar refractivity (Wildman–Crippen MR) is 109 cm³/mol. The molecule has 0 spiro atoms.